The smallest absolute Gasteiger partial charge is 0.222 e. The first-order chi connectivity index (χ1) is 11.6. The monoisotopic (exact) mass is 327 g/mol. The number of nitrogens with zero attached hydrogens (tertiary/aromatic N) is 3. The maximum Gasteiger partial charge on any atom is 0.222 e. The molecule has 1 aromatic heterocycles. The highest BCUT2D eigenvalue weighted by atomic mass is 16.5. The molecule has 0 saturated carbocycles. The minimum atomic E-state index is 0.0504. The standard InChI is InChI=1S/C17H21N5O2/c1-24-14-5-3-2-4-11(14)6-7-12-8-9-13-15(22(12)10-23)16(18)21-17(19)20-13/h2-5,10,12H,6-9H2,1H3,(H4,18,19,20,21). The number of carbonyl (C=O) groups excluding carboxylic acids is 1. The Morgan fingerprint density at radius 3 is 2.88 bits per heavy atom. The van der Waals surface area contributed by atoms with E-state index < -0.39 is 0 Å². The highest BCUT2D eigenvalue weighted by Gasteiger charge is 2.29. The van der Waals surface area contributed by atoms with Gasteiger partial charge in [0.2, 0.25) is 12.4 Å². The third-order valence-electron chi connectivity index (χ3n) is 4.42. The van der Waals surface area contributed by atoms with Gasteiger partial charge in [-0.05, 0) is 37.3 Å². The van der Waals surface area contributed by atoms with Crippen molar-refractivity contribution in [2.75, 3.05) is 23.5 Å². The van der Waals surface area contributed by atoms with Crippen molar-refractivity contribution < 1.29 is 9.53 Å². The van der Waals surface area contributed by atoms with Crippen LogP contribution in [-0.2, 0) is 17.6 Å². The van der Waals surface area contributed by atoms with E-state index in [4.69, 9.17) is 16.2 Å². The second-order valence-corrected chi connectivity index (χ2v) is 5.82. The van der Waals surface area contributed by atoms with Crippen molar-refractivity contribution >= 4 is 23.9 Å². The van der Waals surface area contributed by atoms with Crippen LogP contribution in [0.2, 0.25) is 0 Å². The molecule has 1 aromatic carbocycles. The van der Waals surface area contributed by atoms with Gasteiger partial charge in [0.1, 0.15) is 11.4 Å². The van der Waals surface area contributed by atoms with Crippen molar-refractivity contribution in [1.82, 2.24) is 9.97 Å². The molecule has 4 N–H and O–H groups in total. The van der Waals surface area contributed by atoms with Gasteiger partial charge in [-0.25, -0.2) is 4.98 Å². The van der Waals surface area contributed by atoms with Crippen molar-refractivity contribution in [3.8, 4) is 5.75 Å². The summed E-state index contributed by atoms with van der Waals surface area (Å²) in [5, 5.41) is 0. The van der Waals surface area contributed by atoms with Crippen LogP contribution in [0.4, 0.5) is 17.5 Å². The summed E-state index contributed by atoms with van der Waals surface area (Å²) in [4.78, 5) is 21.5. The number of rotatable bonds is 5. The molecule has 0 aliphatic carbocycles. The first-order valence-electron chi connectivity index (χ1n) is 7.91. The predicted molar refractivity (Wildman–Crippen MR) is 92.8 cm³/mol. The number of para-hydroxylation sites is 1. The quantitative estimate of drug-likeness (QED) is 0.807. The molecular formula is C17H21N5O2. The number of fused-ring (bicyclic) bond motifs is 1. The Bertz CT molecular complexity index is 750. The molecule has 0 bridgehead atoms. The summed E-state index contributed by atoms with van der Waals surface area (Å²) in [6, 6.07) is 7.96. The molecule has 2 heterocycles. The number of nitrogen functional groups attached to an aromatic ring is 2. The minimum absolute atomic E-state index is 0.0504. The molecule has 1 aliphatic rings. The van der Waals surface area contributed by atoms with E-state index in [1.807, 2.05) is 24.3 Å². The number of carbonyl (C=O) groups is 1. The normalized spacial score (nSPS) is 16.5. The van der Waals surface area contributed by atoms with Crippen LogP contribution >= 0.6 is 0 Å². The summed E-state index contributed by atoms with van der Waals surface area (Å²) in [7, 11) is 1.66. The third kappa shape index (κ3) is 2.97. The fourth-order valence-electron chi connectivity index (χ4n) is 3.27. The van der Waals surface area contributed by atoms with Crippen LogP contribution in [-0.4, -0.2) is 29.5 Å². The van der Waals surface area contributed by atoms with Crippen molar-refractivity contribution in [3.05, 3.63) is 35.5 Å². The van der Waals surface area contributed by atoms with E-state index >= 15 is 0 Å². The van der Waals surface area contributed by atoms with Crippen LogP contribution in [0, 0.1) is 0 Å². The Morgan fingerprint density at radius 1 is 1.33 bits per heavy atom. The Kier molecular flexibility index (Phi) is 4.50. The van der Waals surface area contributed by atoms with Crippen LogP contribution in [0.1, 0.15) is 24.1 Å². The number of aryl methyl sites for hydroxylation is 2. The van der Waals surface area contributed by atoms with Crippen molar-refractivity contribution in [2.24, 2.45) is 0 Å². The molecule has 0 spiro atoms. The maximum absolute atomic E-state index is 11.7. The van der Waals surface area contributed by atoms with Crippen molar-refractivity contribution in [1.29, 1.82) is 0 Å². The Morgan fingerprint density at radius 2 is 2.12 bits per heavy atom. The average Bonchev–Trinajstić information content (AvgIpc) is 2.59. The molecule has 0 radical (unpaired) electrons. The second kappa shape index (κ2) is 6.74. The Hall–Kier alpha value is -2.83. The van der Waals surface area contributed by atoms with E-state index in [9.17, 15) is 4.79 Å². The summed E-state index contributed by atoms with van der Waals surface area (Å²) >= 11 is 0. The van der Waals surface area contributed by atoms with Crippen molar-refractivity contribution in [3.63, 3.8) is 0 Å². The molecule has 1 amide bonds. The lowest BCUT2D eigenvalue weighted by Crippen LogP contribution is -2.40. The summed E-state index contributed by atoms with van der Waals surface area (Å²) in [5.74, 6) is 1.26. The van der Waals surface area contributed by atoms with Crippen LogP contribution < -0.4 is 21.1 Å². The van der Waals surface area contributed by atoms with Gasteiger partial charge < -0.3 is 21.1 Å². The summed E-state index contributed by atoms with van der Waals surface area (Å²) in [5.41, 5.74) is 14.1. The van der Waals surface area contributed by atoms with E-state index in [2.05, 4.69) is 9.97 Å². The number of nitrogens with two attached hydrogens (primary N) is 2. The highest BCUT2D eigenvalue weighted by Crippen LogP contribution is 2.34. The average molecular weight is 327 g/mol. The van der Waals surface area contributed by atoms with E-state index in [0.29, 0.717) is 5.69 Å². The third-order valence-corrected chi connectivity index (χ3v) is 4.42. The van der Waals surface area contributed by atoms with Crippen LogP contribution in [0.25, 0.3) is 0 Å². The van der Waals surface area contributed by atoms with Gasteiger partial charge in [-0.1, -0.05) is 18.2 Å². The lowest BCUT2D eigenvalue weighted by Gasteiger charge is -2.34. The Balaban J connectivity index is 1.81. The first-order valence-corrected chi connectivity index (χ1v) is 7.91. The summed E-state index contributed by atoms with van der Waals surface area (Å²) < 4.78 is 5.39. The van der Waals surface area contributed by atoms with Gasteiger partial charge in [-0.15, -0.1) is 0 Å². The number of hydrogen-bond acceptors (Lipinski definition) is 6. The van der Waals surface area contributed by atoms with E-state index in [-0.39, 0.29) is 17.8 Å². The number of aromatic nitrogens is 2. The minimum Gasteiger partial charge on any atom is -0.496 e. The fraction of sp³-hybridized carbons (Fsp3) is 0.353. The van der Waals surface area contributed by atoms with Crippen molar-refractivity contribution in [2.45, 2.75) is 31.7 Å². The number of benzene rings is 1. The molecule has 0 fully saturated rings. The summed E-state index contributed by atoms with van der Waals surface area (Å²) in [6.45, 7) is 0. The number of amides is 1. The zero-order chi connectivity index (χ0) is 17.1. The molecule has 2 aromatic rings. The largest absolute Gasteiger partial charge is 0.496 e. The van der Waals surface area contributed by atoms with Crippen LogP contribution in [0.15, 0.2) is 24.3 Å². The van der Waals surface area contributed by atoms with Gasteiger partial charge >= 0.3 is 0 Å². The highest BCUT2D eigenvalue weighted by molar-refractivity contribution is 5.84. The lowest BCUT2D eigenvalue weighted by molar-refractivity contribution is -0.108. The van der Waals surface area contributed by atoms with Crippen LogP contribution in [0.5, 0.6) is 5.75 Å². The number of methoxy groups -OCH3 is 1. The van der Waals surface area contributed by atoms with Gasteiger partial charge in [0.25, 0.3) is 0 Å². The SMILES string of the molecule is COc1ccccc1CCC1CCc2nc(N)nc(N)c2N1C=O. The Labute approximate surface area is 140 Å². The molecule has 24 heavy (non-hydrogen) atoms. The topological polar surface area (TPSA) is 107 Å². The zero-order valence-electron chi connectivity index (χ0n) is 13.6. The molecule has 7 nitrogen and oxygen atoms in total. The van der Waals surface area contributed by atoms with Gasteiger partial charge in [0.15, 0.2) is 5.82 Å². The molecule has 7 heteroatoms. The predicted octanol–water partition coefficient (Wildman–Crippen LogP) is 1.56. The maximum atomic E-state index is 11.7. The molecule has 1 aliphatic heterocycles. The molecule has 3 rings (SSSR count). The van der Waals surface area contributed by atoms with E-state index in [0.717, 1.165) is 49.1 Å². The molecule has 0 saturated heterocycles. The number of anilines is 3. The van der Waals surface area contributed by atoms with Crippen LogP contribution in [0.3, 0.4) is 0 Å². The molecule has 1 unspecified atom stereocenters. The van der Waals surface area contributed by atoms with Gasteiger partial charge in [-0.2, -0.15) is 4.98 Å². The van der Waals surface area contributed by atoms with Gasteiger partial charge in [0, 0.05) is 6.04 Å². The summed E-state index contributed by atoms with van der Waals surface area (Å²) in [6.07, 6.45) is 3.97. The number of ether oxygens (including phenoxy) is 1. The lowest BCUT2D eigenvalue weighted by atomic mass is 9.95. The van der Waals surface area contributed by atoms with E-state index in [1.165, 1.54) is 0 Å². The molecule has 126 valence electrons. The number of hydrogen-bond donors (Lipinski definition) is 2. The molecule has 1 atom stereocenters. The second-order valence-electron chi connectivity index (χ2n) is 5.82. The first kappa shape index (κ1) is 16.0. The van der Waals surface area contributed by atoms with Gasteiger partial charge in [-0.3, -0.25) is 4.79 Å². The zero-order valence-corrected chi connectivity index (χ0v) is 13.6. The fourth-order valence-corrected chi connectivity index (χ4v) is 3.27. The van der Waals surface area contributed by atoms with Gasteiger partial charge in [0.05, 0.1) is 12.8 Å². The van der Waals surface area contributed by atoms with E-state index in [1.54, 1.807) is 12.0 Å². The molecular weight excluding hydrogens is 306 g/mol.